The van der Waals surface area contributed by atoms with Crippen molar-refractivity contribution in [2.45, 2.75) is 59.3 Å². The Hall–Kier alpha value is -2.71. The molecule has 184 valence electrons. The van der Waals surface area contributed by atoms with E-state index in [4.69, 9.17) is 4.74 Å². The summed E-state index contributed by atoms with van der Waals surface area (Å²) in [5.41, 5.74) is 6.13. The zero-order valence-corrected chi connectivity index (χ0v) is 21.6. The topological polar surface area (TPSA) is 92.8 Å². The van der Waals surface area contributed by atoms with Gasteiger partial charge in [-0.15, -0.1) is 0 Å². The molecular formula is C26H34N2O5S. The standard InChI is InChI=1S/C26H34N2O5S/c1-16-8-7-9-23(19(16)4)27-24(29)15-33-26(30)22-10-12-28(13-11-22)34(31,32)25-20(5)17(2)14-18(3)21(25)6/h7-9,14,22H,10-13,15H2,1-6H3,(H,27,29). The minimum absolute atomic E-state index is 0.239. The zero-order valence-electron chi connectivity index (χ0n) is 20.8. The van der Waals surface area contributed by atoms with Gasteiger partial charge in [0.1, 0.15) is 0 Å². The fourth-order valence-electron chi connectivity index (χ4n) is 4.36. The van der Waals surface area contributed by atoms with E-state index in [2.05, 4.69) is 5.32 Å². The maximum absolute atomic E-state index is 13.4. The van der Waals surface area contributed by atoms with E-state index < -0.39 is 27.8 Å². The molecule has 2 aromatic carbocycles. The van der Waals surface area contributed by atoms with Crippen molar-refractivity contribution < 1.29 is 22.7 Å². The second-order valence-corrected chi connectivity index (χ2v) is 11.0. The third-order valence-electron chi connectivity index (χ3n) is 6.91. The van der Waals surface area contributed by atoms with Gasteiger partial charge in [0.2, 0.25) is 10.0 Å². The molecule has 1 amide bonds. The van der Waals surface area contributed by atoms with Crippen LogP contribution in [0.2, 0.25) is 0 Å². The smallest absolute Gasteiger partial charge is 0.309 e. The van der Waals surface area contributed by atoms with Crippen LogP contribution in [0.15, 0.2) is 29.2 Å². The van der Waals surface area contributed by atoms with Gasteiger partial charge < -0.3 is 10.1 Å². The lowest BCUT2D eigenvalue weighted by atomic mass is 9.98. The van der Waals surface area contributed by atoms with Crippen LogP contribution in [0, 0.1) is 47.5 Å². The summed E-state index contributed by atoms with van der Waals surface area (Å²) in [6.07, 6.45) is 0.721. The Morgan fingerprint density at radius 3 is 2.12 bits per heavy atom. The summed E-state index contributed by atoms with van der Waals surface area (Å²) < 4.78 is 33.5. The van der Waals surface area contributed by atoms with Crippen LogP contribution in [0.25, 0.3) is 0 Å². The highest BCUT2D eigenvalue weighted by molar-refractivity contribution is 7.89. The molecule has 0 unspecified atom stereocenters. The molecule has 1 heterocycles. The van der Waals surface area contributed by atoms with Crippen molar-refractivity contribution in [3.8, 4) is 0 Å². The Labute approximate surface area is 202 Å². The Kier molecular flexibility index (Phi) is 7.83. The molecule has 3 rings (SSSR count). The molecule has 0 atom stereocenters. The van der Waals surface area contributed by atoms with Gasteiger partial charge in [-0.1, -0.05) is 18.2 Å². The Morgan fingerprint density at radius 2 is 1.53 bits per heavy atom. The quantitative estimate of drug-likeness (QED) is 0.620. The number of ether oxygens (including phenoxy) is 1. The molecule has 7 nitrogen and oxygen atoms in total. The number of hydrogen-bond donors (Lipinski definition) is 1. The molecular weight excluding hydrogens is 452 g/mol. The summed E-state index contributed by atoms with van der Waals surface area (Å²) in [6, 6.07) is 7.62. The van der Waals surface area contributed by atoms with Crippen molar-refractivity contribution in [1.82, 2.24) is 4.31 Å². The molecule has 1 N–H and O–H groups in total. The van der Waals surface area contributed by atoms with Gasteiger partial charge in [-0.25, -0.2) is 8.42 Å². The predicted octanol–water partition coefficient (Wildman–Crippen LogP) is 4.12. The van der Waals surface area contributed by atoms with Crippen LogP contribution in [0.3, 0.4) is 0 Å². The number of aryl methyl sites for hydroxylation is 3. The van der Waals surface area contributed by atoms with Crippen LogP contribution in [0.5, 0.6) is 0 Å². The lowest BCUT2D eigenvalue weighted by Gasteiger charge is -2.31. The number of amides is 1. The number of nitrogens with zero attached hydrogens (tertiary/aromatic N) is 1. The van der Waals surface area contributed by atoms with E-state index in [1.54, 1.807) is 6.07 Å². The molecule has 1 fully saturated rings. The number of piperidine rings is 1. The van der Waals surface area contributed by atoms with E-state index in [9.17, 15) is 18.0 Å². The summed E-state index contributed by atoms with van der Waals surface area (Å²) in [5, 5.41) is 2.77. The molecule has 0 saturated carbocycles. The third kappa shape index (κ3) is 5.33. The van der Waals surface area contributed by atoms with Crippen LogP contribution >= 0.6 is 0 Å². The monoisotopic (exact) mass is 486 g/mol. The minimum atomic E-state index is -3.67. The number of nitrogens with one attached hydrogen (secondary N) is 1. The average molecular weight is 487 g/mol. The first kappa shape index (κ1) is 25.9. The van der Waals surface area contributed by atoms with E-state index in [0.29, 0.717) is 23.4 Å². The van der Waals surface area contributed by atoms with Crippen LogP contribution in [0.1, 0.15) is 46.2 Å². The molecule has 0 radical (unpaired) electrons. The summed E-state index contributed by atoms with van der Waals surface area (Å²) >= 11 is 0. The summed E-state index contributed by atoms with van der Waals surface area (Å²) in [7, 11) is -3.67. The highest BCUT2D eigenvalue weighted by atomic mass is 32.2. The fourth-order valence-corrected chi connectivity index (χ4v) is 6.40. The molecule has 2 aromatic rings. The molecule has 0 bridgehead atoms. The summed E-state index contributed by atoms with van der Waals surface area (Å²) in [5.74, 6) is -1.30. The van der Waals surface area contributed by atoms with Crippen molar-refractivity contribution in [3.63, 3.8) is 0 Å². The summed E-state index contributed by atoms with van der Waals surface area (Å²) in [4.78, 5) is 25.1. The van der Waals surface area contributed by atoms with Gasteiger partial charge in [0, 0.05) is 18.8 Å². The van der Waals surface area contributed by atoms with Crippen LogP contribution in [-0.4, -0.2) is 44.3 Å². The predicted molar refractivity (Wildman–Crippen MR) is 132 cm³/mol. The molecule has 0 spiro atoms. The van der Waals surface area contributed by atoms with Gasteiger partial charge in [-0.3, -0.25) is 9.59 Å². The minimum Gasteiger partial charge on any atom is -0.455 e. The maximum atomic E-state index is 13.4. The van der Waals surface area contributed by atoms with E-state index in [1.807, 2.05) is 59.7 Å². The second kappa shape index (κ2) is 10.3. The van der Waals surface area contributed by atoms with E-state index in [0.717, 1.165) is 33.4 Å². The highest BCUT2D eigenvalue weighted by Gasteiger charge is 2.35. The Morgan fingerprint density at radius 1 is 0.941 bits per heavy atom. The van der Waals surface area contributed by atoms with Crippen molar-refractivity contribution in [1.29, 1.82) is 0 Å². The number of sulfonamides is 1. The van der Waals surface area contributed by atoms with Gasteiger partial charge in [-0.05, 0) is 93.8 Å². The number of carbonyl (C=O) groups excluding carboxylic acids is 2. The van der Waals surface area contributed by atoms with E-state index >= 15 is 0 Å². The molecule has 0 aromatic heterocycles. The van der Waals surface area contributed by atoms with Crippen molar-refractivity contribution in [3.05, 3.63) is 57.6 Å². The molecule has 1 saturated heterocycles. The Balaban J connectivity index is 1.58. The normalized spacial score (nSPS) is 15.2. The number of carbonyl (C=O) groups is 2. The van der Waals surface area contributed by atoms with E-state index in [1.165, 1.54) is 4.31 Å². The van der Waals surface area contributed by atoms with Gasteiger partial charge in [0.25, 0.3) is 5.91 Å². The van der Waals surface area contributed by atoms with Crippen LogP contribution in [-0.2, 0) is 24.3 Å². The SMILES string of the molecule is Cc1cccc(NC(=O)COC(=O)C2CCN(S(=O)(=O)c3c(C)c(C)cc(C)c3C)CC2)c1C. The number of rotatable bonds is 6. The lowest BCUT2D eigenvalue weighted by Crippen LogP contribution is -2.41. The molecule has 34 heavy (non-hydrogen) atoms. The third-order valence-corrected chi connectivity index (χ3v) is 9.08. The van der Waals surface area contributed by atoms with Gasteiger partial charge in [-0.2, -0.15) is 4.31 Å². The first-order valence-electron chi connectivity index (χ1n) is 11.5. The van der Waals surface area contributed by atoms with Crippen LogP contribution < -0.4 is 5.32 Å². The maximum Gasteiger partial charge on any atom is 0.309 e. The molecule has 0 aliphatic carbocycles. The van der Waals surface area contributed by atoms with Crippen molar-refractivity contribution >= 4 is 27.6 Å². The first-order valence-corrected chi connectivity index (χ1v) is 13.0. The van der Waals surface area contributed by atoms with Crippen LogP contribution in [0.4, 0.5) is 5.69 Å². The molecule has 8 heteroatoms. The molecule has 1 aliphatic rings. The van der Waals surface area contributed by atoms with Crippen molar-refractivity contribution in [2.75, 3.05) is 25.0 Å². The number of hydrogen-bond acceptors (Lipinski definition) is 5. The van der Waals surface area contributed by atoms with Gasteiger partial charge in [0.05, 0.1) is 10.8 Å². The summed E-state index contributed by atoms with van der Waals surface area (Å²) in [6.45, 7) is 11.5. The second-order valence-electron chi connectivity index (χ2n) is 9.17. The zero-order chi connectivity index (χ0) is 25.2. The highest BCUT2D eigenvalue weighted by Crippen LogP contribution is 2.31. The number of anilines is 1. The van der Waals surface area contributed by atoms with Crippen molar-refractivity contribution in [2.24, 2.45) is 5.92 Å². The average Bonchev–Trinajstić information content (AvgIpc) is 2.79. The fraction of sp³-hybridized carbons (Fsp3) is 0.462. The van der Waals surface area contributed by atoms with E-state index in [-0.39, 0.29) is 19.7 Å². The first-order chi connectivity index (χ1) is 15.9. The number of benzene rings is 2. The molecule has 1 aliphatic heterocycles. The lowest BCUT2D eigenvalue weighted by molar-refractivity contribution is -0.152. The van der Waals surface area contributed by atoms with Gasteiger partial charge >= 0.3 is 5.97 Å². The largest absolute Gasteiger partial charge is 0.455 e. The number of esters is 1. The Bertz CT molecular complexity index is 1190. The van der Waals surface area contributed by atoms with Gasteiger partial charge in [0.15, 0.2) is 6.61 Å².